The predicted octanol–water partition coefficient (Wildman–Crippen LogP) is 3.24. The molecular formula is C13H22N2S. The minimum Gasteiger partial charge on any atom is -0.314 e. The minimum absolute atomic E-state index is 0.801. The lowest BCUT2D eigenvalue weighted by Gasteiger charge is -2.11. The fourth-order valence-electron chi connectivity index (χ4n) is 2.48. The Bertz CT molecular complexity index is 284. The molecule has 0 spiro atoms. The number of rotatable bonds is 6. The van der Waals surface area contributed by atoms with Crippen LogP contribution in [0.15, 0.2) is 11.6 Å². The Balaban J connectivity index is 1.49. The topological polar surface area (TPSA) is 24.9 Å². The third-order valence-electron chi connectivity index (χ3n) is 3.43. The van der Waals surface area contributed by atoms with Crippen LogP contribution in [0.25, 0.3) is 0 Å². The van der Waals surface area contributed by atoms with Crippen LogP contribution in [0.1, 0.15) is 44.0 Å². The first kappa shape index (κ1) is 12.1. The smallest absolute Gasteiger partial charge is 0.0924 e. The average Bonchev–Trinajstić information content (AvgIpc) is 2.89. The number of hydrogen-bond donors (Lipinski definition) is 1. The highest BCUT2D eigenvalue weighted by Crippen LogP contribution is 2.24. The van der Waals surface area contributed by atoms with E-state index >= 15 is 0 Å². The van der Waals surface area contributed by atoms with Gasteiger partial charge >= 0.3 is 0 Å². The number of thiazole rings is 1. The van der Waals surface area contributed by atoms with E-state index in [1.165, 1.54) is 43.7 Å². The van der Waals surface area contributed by atoms with Gasteiger partial charge in [0.15, 0.2) is 0 Å². The summed E-state index contributed by atoms with van der Waals surface area (Å²) in [6.07, 6.45) is 9.78. The zero-order valence-corrected chi connectivity index (χ0v) is 10.9. The Morgan fingerprint density at radius 2 is 2.38 bits per heavy atom. The zero-order chi connectivity index (χ0) is 11.2. The standard InChI is InChI=1S/C13H22N2S/c1-11-5-6-12(10-11)14-7-3-2-4-13-15-8-9-16-13/h8-9,11-12,14H,2-7,10H2,1H3. The van der Waals surface area contributed by atoms with Crippen molar-refractivity contribution in [2.45, 2.75) is 51.5 Å². The van der Waals surface area contributed by atoms with Crippen molar-refractivity contribution >= 4 is 11.3 Å². The molecule has 1 aliphatic carbocycles. The molecule has 1 fully saturated rings. The molecule has 90 valence electrons. The fraction of sp³-hybridized carbons (Fsp3) is 0.769. The monoisotopic (exact) mass is 238 g/mol. The Morgan fingerprint density at radius 3 is 3.06 bits per heavy atom. The van der Waals surface area contributed by atoms with Crippen molar-refractivity contribution in [1.82, 2.24) is 10.3 Å². The summed E-state index contributed by atoms with van der Waals surface area (Å²) in [6, 6.07) is 0.801. The molecule has 2 rings (SSSR count). The van der Waals surface area contributed by atoms with Gasteiger partial charge in [-0.05, 0) is 51.0 Å². The average molecular weight is 238 g/mol. The Morgan fingerprint density at radius 1 is 1.44 bits per heavy atom. The Labute approximate surface area is 102 Å². The van der Waals surface area contributed by atoms with Crippen LogP contribution >= 0.6 is 11.3 Å². The lowest BCUT2D eigenvalue weighted by atomic mass is 10.1. The van der Waals surface area contributed by atoms with E-state index in [4.69, 9.17) is 0 Å². The van der Waals surface area contributed by atoms with Crippen molar-refractivity contribution < 1.29 is 0 Å². The Kier molecular flexibility index (Phi) is 4.79. The molecule has 3 heteroatoms. The van der Waals surface area contributed by atoms with Gasteiger partial charge in [0, 0.05) is 17.6 Å². The van der Waals surface area contributed by atoms with Gasteiger partial charge in [-0.25, -0.2) is 4.98 Å². The summed E-state index contributed by atoms with van der Waals surface area (Å²) in [5, 5.41) is 7.02. The van der Waals surface area contributed by atoms with E-state index in [0.29, 0.717) is 0 Å². The van der Waals surface area contributed by atoms with Gasteiger partial charge in [0.05, 0.1) is 5.01 Å². The van der Waals surface area contributed by atoms with E-state index in [9.17, 15) is 0 Å². The van der Waals surface area contributed by atoms with Gasteiger partial charge < -0.3 is 5.32 Å². The number of hydrogen-bond acceptors (Lipinski definition) is 3. The van der Waals surface area contributed by atoms with Gasteiger partial charge in [0.25, 0.3) is 0 Å². The molecule has 1 N–H and O–H groups in total. The Hall–Kier alpha value is -0.410. The number of nitrogens with zero attached hydrogens (tertiary/aromatic N) is 1. The normalized spacial score (nSPS) is 25.1. The van der Waals surface area contributed by atoms with Crippen LogP contribution < -0.4 is 5.32 Å². The number of aryl methyl sites for hydroxylation is 1. The van der Waals surface area contributed by atoms with E-state index < -0.39 is 0 Å². The van der Waals surface area contributed by atoms with Crippen molar-refractivity contribution in [3.63, 3.8) is 0 Å². The molecule has 16 heavy (non-hydrogen) atoms. The molecule has 2 atom stereocenters. The van der Waals surface area contributed by atoms with Crippen LogP contribution in [-0.4, -0.2) is 17.6 Å². The minimum atomic E-state index is 0.801. The van der Waals surface area contributed by atoms with Gasteiger partial charge in [-0.1, -0.05) is 6.92 Å². The first-order chi connectivity index (χ1) is 7.84. The van der Waals surface area contributed by atoms with E-state index in [0.717, 1.165) is 18.4 Å². The van der Waals surface area contributed by atoms with Gasteiger partial charge in [-0.2, -0.15) is 0 Å². The summed E-state index contributed by atoms with van der Waals surface area (Å²) < 4.78 is 0. The number of unbranched alkanes of at least 4 members (excludes halogenated alkanes) is 1. The first-order valence-corrected chi connectivity index (χ1v) is 7.34. The fourth-order valence-corrected chi connectivity index (χ4v) is 3.14. The largest absolute Gasteiger partial charge is 0.314 e. The van der Waals surface area contributed by atoms with Crippen molar-refractivity contribution in [2.24, 2.45) is 5.92 Å². The van der Waals surface area contributed by atoms with Gasteiger partial charge in [-0.3, -0.25) is 0 Å². The molecule has 1 saturated carbocycles. The highest BCUT2D eigenvalue weighted by molar-refractivity contribution is 7.09. The molecule has 0 amide bonds. The molecule has 1 aromatic rings. The van der Waals surface area contributed by atoms with Crippen LogP contribution in [0.4, 0.5) is 0 Å². The molecule has 2 nitrogen and oxygen atoms in total. The molecule has 1 aromatic heterocycles. The van der Waals surface area contributed by atoms with Crippen LogP contribution in [-0.2, 0) is 6.42 Å². The number of nitrogens with one attached hydrogen (secondary N) is 1. The quantitative estimate of drug-likeness (QED) is 0.770. The summed E-state index contributed by atoms with van der Waals surface area (Å²) in [6.45, 7) is 3.55. The third kappa shape index (κ3) is 3.87. The molecule has 2 unspecified atom stereocenters. The summed E-state index contributed by atoms with van der Waals surface area (Å²) in [7, 11) is 0. The number of aromatic nitrogens is 1. The summed E-state index contributed by atoms with van der Waals surface area (Å²) in [5.41, 5.74) is 0. The van der Waals surface area contributed by atoms with Crippen LogP contribution in [0, 0.1) is 5.92 Å². The van der Waals surface area contributed by atoms with E-state index in [2.05, 4.69) is 22.6 Å². The second kappa shape index (κ2) is 6.36. The molecule has 0 bridgehead atoms. The molecule has 0 radical (unpaired) electrons. The van der Waals surface area contributed by atoms with E-state index in [-0.39, 0.29) is 0 Å². The maximum atomic E-state index is 4.30. The predicted molar refractivity (Wildman–Crippen MR) is 69.9 cm³/mol. The second-order valence-corrected chi connectivity index (χ2v) is 5.93. The van der Waals surface area contributed by atoms with Crippen molar-refractivity contribution in [3.8, 4) is 0 Å². The maximum Gasteiger partial charge on any atom is 0.0924 e. The molecule has 1 heterocycles. The van der Waals surface area contributed by atoms with Crippen molar-refractivity contribution in [2.75, 3.05) is 6.54 Å². The molecule has 0 saturated heterocycles. The van der Waals surface area contributed by atoms with Crippen LogP contribution in [0.2, 0.25) is 0 Å². The van der Waals surface area contributed by atoms with Gasteiger partial charge in [0.2, 0.25) is 0 Å². The third-order valence-corrected chi connectivity index (χ3v) is 4.27. The van der Waals surface area contributed by atoms with Crippen LogP contribution in [0.3, 0.4) is 0 Å². The SMILES string of the molecule is CC1CCC(NCCCCc2nccs2)C1. The highest BCUT2D eigenvalue weighted by atomic mass is 32.1. The first-order valence-electron chi connectivity index (χ1n) is 6.46. The van der Waals surface area contributed by atoms with Gasteiger partial charge in [0.1, 0.15) is 0 Å². The lowest BCUT2D eigenvalue weighted by Crippen LogP contribution is -2.27. The molecule has 0 aliphatic heterocycles. The summed E-state index contributed by atoms with van der Waals surface area (Å²) in [4.78, 5) is 4.30. The van der Waals surface area contributed by atoms with E-state index in [1.807, 2.05) is 6.20 Å². The zero-order valence-electron chi connectivity index (χ0n) is 10.1. The summed E-state index contributed by atoms with van der Waals surface area (Å²) >= 11 is 1.78. The van der Waals surface area contributed by atoms with Crippen molar-refractivity contribution in [1.29, 1.82) is 0 Å². The molecule has 0 aromatic carbocycles. The van der Waals surface area contributed by atoms with E-state index in [1.54, 1.807) is 11.3 Å². The van der Waals surface area contributed by atoms with Crippen molar-refractivity contribution in [3.05, 3.63) is 16.6 Å². The molecular weight excluding hydrogens is 216 g/mol. The second-order valence-electron chi connectivity index (χ2n) is 4.95. The molecule has 1 aliphatic rings. The lowest BCUT2D eigenvalue weighted by molar-refractivity contribution is 0.490. The van der Waals surface area contributed by atoms with Gasteiger partial charge in [-0.15, -0.1) is 11.3 Å². The maximum absolute atomic E-state index is 4.30. The highest BCUT2D eigenvalue weighted by Gasteiger charge is 2.19. The van der Waals surface area contributed by atoms with Crippen LogP contribution in [0.5, 0.6) is 0 Å². The summed E-state index contributed by atoms with van der Waals surface area (Å²) in [5.74, 6) is 0.938.